The number of halogens is 2. The first-order chi connectivity index (χ1) is 5.24. The molecular weight excluding hydrogens is 227 g/mol. The summed E-state index contributed by atoms with van der Waals surface area (Å²) in [5.74, 6) is 0. The molecule has 0 saturated carbocycles. The van der Waals surface area contributed by atoms with Gasteiger partial charge in [-0.3, -0.25) is 0 Å². The summed E-state index contributed by atoms with van der Waals surface area (Å²) in [5.41, 5.74) is 0.857. The molecule has 0 fully saturated rings. The number of hydrogen-bond acceptors (Lipinski definition) is 1. The quantitative estimate of drug-likeness (QED) is 0.718. The fraction of sp³-hybridized carbons (Fsp3) is 0.125. The number of hydrogen-bond donors (Lipinski definition) is 0. The zero-order valence-corrected chi connectivity index (χ0v) is 8.02. The number of rotatable bonds is 2. The highest BCUT2D eigenvalue weighted by molar-refractivity contribution is 9.10. The lowest BCUT2D eigenvalue weighted by molar-refractivity contribution is -0.107. The van der Waals surface area contributed by atoms with Crippen LogP contribution in [0.15, 0.2) is 22.7 Å². The summed E-state index contributed by atoms with van der Waals surface area (Å²) in [7, 11) is 0. The molecule has 0 bridgehead atoms. The Balaban J connectivity index is 3.01. The lowest BCUT2D eigenvalue weighted by atomic mass is 10.2. The maximum Gasteiger partial charge on any atom is 0.124 e. The van der Waals surface area contributed by atoms with Gasteiger partial charge in [-0.1, -0.05) is 27.5 Å². The first-order valence-corrected chi connectivity index (χ1v) is 4.28. The van der Waals surface area contributed by atoms with Gasteiger partial charge in [-0.05, 0) is 23.8 Å². The normalized spacial score (nSPS) is 9.64. The van der Waals surface area contributed by atoms with Crippen LogP contribution >= 0.6 is 27.5 Å². The van der Waals surface area contributed by atoms with Crippen molar-refractivity contribution in [2.75, 3.05) is 0 Å². The Morgan fingerprint density at radius 1 is 1.55 bits per heavy atom. The van der Waals surface area contributed by atoms with Crippen LogP contribution in [0.25, 0.3) is 0 Å². The van der Waals surface area contributed by atoms with Crippen molar-refractivity contribution in [1.29, 1.82) is 0 Å². The minimum atomic E-state index is 0.373. The van der Waals surface area contributed by atoms with E-state index in [1.54, 1.807) is 6.07 Å². The van der Waals surface area contributed by atoms with E-state index in [4.69, 9.17) is 11.6 Å². The average Bonchev–Trinajstić information content (AvgIpc) is 1.98. The van der Waals surface area contributed by atoms with Crippen LogP contribution < -0.4 is 0 Å². The molecule has 0 aliphatic heterocycles. The van der Waals surface area contributed by atoms with E-state index in [-0.39, 0.29) is 0 Å². The summed E-state index contributed by atoms with van der Waals surface area (Å²) < 4.78 is 0.943. The van der Waals surface area contributed by atoms with E-state index >= 15 is 0 Å². The third-order valence-corrected chi connectivity index (χ3v) is 2.17. The summed E-state index contributed by atoms with van der Waals surface area (Å²) in [5, 5.41) is 0.639. The van der Waals surface area contributed by atoms with Crippen LogP contribution in [-0.4, -0.2) is 6.29 Å². The van der Waals surface area contributed by atoms with E-state index in [0.29, 0.717) is 11.4 Å². The van der Waals surface area contributed by atoms with Crippen LogP contribution in [0.5, 0.6) is 0 Å². The predicted octanol–water partition coefficient (Wildman–Crippen LogP) is 2.84. The fourth-order valence-electron chi connectivity index (χ4n) is 0.790. The van der Waals surface area contributed by atoms with Crippen LogP contribution in [0.3, 0.4) is 0 Å². The van der Waals surface area contributed by atoms with Crippen molar-refractivity contribution in [1.82, 2.24) is 0 Å². The Bertz CT molecular complexity index is 273. The molecule has 0 spiro atoms. The van der Waals surface area contributed by atoms with Gasteiger partial charge in [0.2, 0.25) is 0 Å². The molecule has 3 heteroatoms. The lowest BCUT2D eigenvalue weighted by Crippen LogP contribution is -1.86. The first kappa shape index (κ1) is 8.75. The maximum atomic E-state index is 10.2. The molecule has 58 valence electrons. The van der Waals surface area contributed by atoms with Crippen LogP contribution in [0.2, 0.25) is 5.02 Å². The van der Waals surface area contributed by atoms with Gasteiger partial charge in [-0.15, -0.1) is 0 Å². The summed E-state index contributed by atoms with van der Waals surface area (Å²) in [6, 6.07) is 5.46. The first-order valence-electron chi connectivity index (χ1n) is 3.11. The second-order valence-electron chi connectivity index (χ2n) is 2.11. The van der Waals surface area contributed by atoms with E-state index < -0.39 is 0 Å². The van der Waals surface area contributed by atoms with E-state index in [1.807, 2.05) is 12.1 Å². The molecule has 11 heavy (non-hydrogen) atoms. The van der Waals surface area contributed by atoms with Crippen molar-refractivity contribution in [2.45, 2.75) is 6.42 Å². The Morgan fingerprint density at radius 2 is 2.27 bits per heavy atom. The van der Waals surface area contributed by atoms with Crippen molar-refractivity contribution in [3.63, 3.8) is 0 Å². The Kier molecular flexibility index (Phi) is 3.09. The largest absolute Gasteiger partial charge is 0.303 e. The number of aldehydes is 1. The molecule has 1 aromatic rings. The lowest BCUT2D eigenvalue weighted by Gasteiger charge is -1.98. The Hall–Kier alpha value is -0.340. The molecule has 0 aromatic heterocycles. The highest BCUT2D eigenvalue weighted by Crippen LogP contribution is 2.20. The van der Waals surface area contributed by atoms with Gasteiger partial charge >= 0.3 is 0 Å². The summed E-state index contributed by atoms with van der Waals surface area (Å²) in [6.45, 7) is 0. The molecular formula is C8H6BrClO. The van der Waals surface area contributed by atoms with E-state index in [1.165, 1.54) is 0 Å². The Morgan fingerprint density at radius 3 is 2.91 bits per heavy atom. The summed E-state index contributed by atoms with van der Waals surface area (Å²) in [6.07, 6.45) is 1.21. The molecule has 0 atom stereocenters. The van der Waals surface area contributed by atoms with E-state index in [9.17, 15) is 4.79 Å². The molecule has 0 aliphatic carbocycles. The molecule has 0 N–H and O–H groups in total. The van der Waals surface area contributed by atoms with Crippen LogP contribution in [0.1, 0.15) is 5.56 Å². The maximum absolute atomic E-state index is 10.2. The van der Waals surface area contributed by atoms with Gasteiger partial charge in [-0.25, -0.2) is 0 Å². The number of carbonyl (C=O) groups excluding carboxylic acids is 1. The highest BCUT2D eigenvalue weighted by atomic mass is 79.9. The molecule has 0 amide bonds. The van der Waals surface area contributed by atoms with Gasteiger partial charge in [0.05, 0.1) is 0 Å². The van der Waals surface area contributed by atoms with Crippen LogP contribution in [0.4, 0.5) is 0 Å². The second-order valence-corrected chi connectivity index (χ2v) is 3.43. The minimum absolute atomic E-state index is 0.373. The third-order valence-electron chi connectivity index (χ3n) is 1.31. The SMILES string of the molecule is O=CCc1cc(Br)ccc1Cl. The molecule has 0 heterocycles. The number of benzene rings is 1. The fourth-order valence-corrected chi connectivity index (χ4v) is 1.39. The minimum Gasteiger partial charge on any atom is -0.303 e. The van der Waals surface area contributed by atoms with Gasteiger partial charge in [0.1, 0.15) is 6.29 Å². The molecule has 1 rings (SSSR count). The van der Waals surface area contributed by atoms with Gasteiger partial charge in [0.25, 0.3) is 0 Å². The third kappa shape index (κ3) is 2.31. The molecule has 0 aliphatic rings. The highest BCUT2D eigenvalue weighted by Gasteiger charge is 1.98. The van der Waals surface area contributed by atoms with Crippen LogP contribution in [-0.2, 0) is 11.2 Å². The van der Waals surface area contributed by atoms with E-state index in [0.717, 1.165) is 16.3 Å². The molecule has 0 saturated heterocycles. The van der Waals surface area contributed by atoms with Crippen molar-refractivity contribution in [3.8, 4) is 0 Å². The Labute approximate surface area is 78.5 Å². The van der Waals surface area contributed by atoms with Gasteiger partial charge in [-0.2, -0.15) is 0 Å². The smallest absolute Gasteiger partial charge is 0.124 e. The van der Waals surface area contributed by atoms with Crippen molar-refractivity contribution < 1.29 is 4.79 Å². The van der Waals surface area contributed by atoms with Gasteiger partial charge in [0.15, 0.2) is 0 Å². The molecule has 1 nitrogen and oxygen atoms in total. The standard InChI is InChI=1S/C8H6BrClO/c9-7-1-2-8(10)6(5-7)3-4-11/h1-2,4-5H,3H2. The van der Waals surface area contributed by atoms with Crippen LogP contribution in [0, 0.1) is 0 Å². The van der Waals surface area contributed by atoms with Crippen molar-refractivity contribution in [2.24, 2.45) is 0 Å². The second kappa shape index (κ2) is 3.88. The molecule has 0 radical (unpaired) electrons. The number of carbonyl (C=O) groups is 1. The summed E-state index contributed by atoms with van der Waals surface area (Å²) in [4.78, 5) is 10.2. The predicted molar refractivity (Wildman–Crippen MR) is 48.9 cm³/mol. The van der Waals surface area contributed by atoms with Crippen molar-refractivity contribution in [3.05, 3.63) is 33.3 Å². The van der Waals surface area contributed by atoms with Gasteiger partial charge in [0, 0.05) is 15.9 Å². The van der Waals surface area contributed by atoms with E-state index in [2.05, 4.69) is 15.9 Å². The molecule has 0 unspecified atom stereocenters. The van der Waals surface area contributed by atoms with Crippen molar-refractivity contribution >= 4 is 33.8 Å². The summed E-state index contributed by atoms with van der Waals surface area (Å²) >= 11 is 9.09. The average molecular weight is 233 g/mol. The zero-order valence-electron chi connectivity index (χ0n) is 5.68. The zero-order chi connectivity index (χ0) is 8.27. The monoisotopic (exact) mass is 232 g/mol. The van der Waals surface area contributed by atoms with Gasteiger partial charge < -0.3 is 4.79 Å². The topological polar surface area (TPSA) is 17.1 Å². The molecule has 1 aromatic carbocycles.